The Hall–Kier alpha value is -6.24. The number of aliphatic hydroxyl groups excluding tert-OH is 1. The van der Waals surface area contributed by atoms with Gasteiger partial charge in [-0.25, -0.2) is 4.98 Å². The summed E-state index contributed by atoms with van der Waals surface area (Å²) in [6.07, 6.45) is 7.37. The molecule has 15 heteroatoms. The van der Waals surface area contributed by atoms with Crippen molar-refractivity contribution in [2.45, 2.75) is 90.3 Å². The summed E-state index contributed by atoms with van der Waals surface area (Å²) in [5, 5.41) is 26.2. The fourth-order valence-electron chi connectivity index (χ4n) is 7.70. The van der Waals surface area contributed by atoms with Gasteiger partial charge in [0.15, 0.2) is 0 Å². The SMILES string of the molecule is C#Cc1ccc([C@H](C)NC(=O)[C@@H]2C[C@@H](O)CN2C(=O)[C@@H](NC(=O)CO[C@H]2CCN(c3ccc(NC(=O)c4cccc(-c5ccn[nH]5)n4)c(OC)c3)[C@@H](C)C2)C(C)(C)C)cc1. The quantitative estimate of drug-likeness (QED) is 0.121. The van der Waals surface area contributed by atoms with E-state index in [2.05, 4.69) is 48.9 Å². The van der Waals surface area contributed by atoms with Crippen molar-refractivity contribution in [3.8, 4) is 29.5 Å². The number of H-pyrrole nitrogens is 1. The number of methoxy groups -OCH3 is 1. The highest BCUT2D eigenvalue weighted by atomic mass is 16.5. The molecule has 6 rings (SSSR count). The zero-order valence-corrected chi connectivity index (χ0v) is 34.9. The number of amides is 4. The molecule has 2 fully saturated rings. The van der Waals surface area contributed by atoms with Gasteiger partial charge in [0.1, 0.15) is 30.1 Å². The number of rotatable bonds is 13. The van der Waals surface area contributed by atoms with Crippen molar-refractivity contribution >= 4 is 35.0 Å². The normalized spacial score (nSPS) is 20.1. The first-order chi connectivity index (χ1) is 28.6. The van der Waals surface area contributed by atoms with Crippen LogP contribution in [-0.4, -0.2) is 106 Å². The van der Waals surface area contributed by atoms with Gasteiger partial charge in [-0.3, -0.25) is 24.3 Å². The fraction of sp³-hybridized carbons (Fsp3) is 0.422. The molecule has 0 saturated carbocycles. The molecule has 15 nitrogen and oxygen atoms in total. The van der Waals surface area contributed by atoms with Crippen molar-refractivity contribution in [1.82, 2.24) is 30.7 Å². The highest BCUT2D eigenvalue weighted by Crippen LogP contribution is 2.34. The number of piperidine rings is 1. The number of hydrogen-bond acceptors (Lipinski definition) is 10. The lowest BCUT2D eigenvalue weighted by Gasteiger charge is -2.39. The number of nitrogens with zero attached hydrogens (tertiary/aromatic N) is 4. The molecule has 0 spiro atoms. The molecule has 2 aromatic heterocycles. The molecule has 6 atom stereocenters. The Morgan fingerprint density at radius 1 is 1.05 bits per heavy atom. The maximum absolute atomic E-state index is 14.1. The molecule has 4 heterocycles. The third-order valence-corrected chi connectivity index (χ3v) is 11.0. The summed E-state index contributed by atoms with van der Waals surface area (Å²) in [4.78, 5) is 62.2. The molecule has 316 valence electrons. The van der Waals surface area contributed by atoms with E-state index in [0.717, 1.165) is 16.8 Å². The molecule has 60 heavy (non-hydrogen) atoms. The molecule has 2 aliphatic heterocycles. The molecular formula is C45H54N8O7. The van der Waals surface area contributed by atoms with Crippen LogP contribution in [0.4, 0.5) is 11.4 Å². The van der Waals surface area contributed by atoms with Gasteiger partial charge in [0.05, 0.1) is 42.4 Å². The van der Waals surface area contributed by atoms with Crippen LogP contribution in [0.15, 0.2) is 72.9 Å². The Bertz CT molecular complexity index is 2200. The summed E-state index contributed by atoms with van der Waals surface area (Å²) in [5.74, 6) is 1.40. The second-order valence-corrected chi connectivity index (χ2v) is 16.5. The highest BCUT2D eigenvalue weighted by molar-refractivity contribution is 6.04. The topological polar surface area (TPSA) is 191 Å². The van der Waals surface area contributed by atoms with Crippen LogP contribution < -0.4 is 25.6 Å². The van der Waals surface area contributed by atoms with Crippen molar-refractivity contribution < 1.29 is 33.8 Å². The zero-order valence-electron chi connectivity index (χ0n) is 34.9. The van der Waals surface area contributed by atoms with Crippen LogP contribution >= 0.6 is 0 Å². The standard InChI is InChI=1S/C45H54N8O7/c1-8-29-12-14-30(15-13-29)28(3)47-43(57)38-24-32(54)25-53(38)44(58)41(45(4,5)6)50-40(55)26-60-33-19-21-52(27(2)22-33)31-16-17-36(39(23-31)59-7)49-42(56)37-11-9-10-34(48-37)35-18-20-46-51-35/h1,9-18,20,23,27-28,32-33,38,41,54H,19,21-22,24-26H2,2-7H3,(H,46,51)(H,47,57)(H,49,56)(H,50,55)/t27-,28-,32+,33-,38-,41+/m0/s1. The van der Waals surface area contributed by atoms with Crippen LogP contribution in [0.5, 0.6) is 5.75 Å². The number of ether oxygens (including phenoxy) is 2. The van der Waals surface area contributed by atoms with E-state index in [1.165, 1.54) is 4.90 Å². The second kappa shape index (κ2) is 18.8. The number of anilines is 2. The van der Waals surface area contributed by atoms with Crippen molar-refractivity contribution in [3.05, 3.63) is 89.7 Å². The largest absolute Gasteiger partial charge is 0.494 e. The number of terminal acetylenes is 1. The maximum atomic E-state index is 14.1. The number of likely N-dealkylation sites (tertiary alicyclic amines) is 1. The smallest absolute Gasteiger partial charge is 0.274 e. The van der Waals surface area contributed by atoms with Gasteiger partial charge >= 0.3 is 0 Å². The lowest BCUT2D eigenvalue weighted by Crippen LogP contribution is -2.58. The molecule has 0 bridgehead atoms. The molecule has 0 aliphatic carbocycles. The molecule has 0 radical (unpaired) electrons. The van der Waals surface area contributed by atoms with Crippen molar-refractivity contribution in [1.29, 1.82) is 0 Å². The third-order valence-electron chi connectivity index (χ3n) is 11.0. The number of hydrogen-bond donors (Lipinski definition) is 5. The van der Waals surface area contributed by atoms with E-state index in [9.17, 15) is 24.3 Å². The number of aromatic nitrogens is 3. The number of carbonyl (C=O) groups is 4. The highest BCUT2D eigenvalue weighted by Gasteiger charge is 2.45. The van der Waals surface area contributed by atoms with E-state index in [-0.39, 0.29) is 49.4 Å². The van der Waals surface area contributed by atoms with E-state index in [1.54, 1.807) is 55.8 Å². The number of carbonyl (C=O) groups excluding carboxylic acids is 4. The fourth-order valence-corrected chi connectivity index (χ4v) is 7.70. The van der Waals surface area contributed by atoms with E-state index >= 15 is 0 Å². The Morgan fingerprint density at radius 3 is 2.48 bits per heavy atom. The van der Waals surface area contributed by atoms with Gasteiger partial charge in [-0.2, -0.15) is 5.10 Å². The van der Waals surface area contributed by atoms with Crippen LogP contribution in [0.1, 0.15) is 81.5 Å². The van der Waals surface area contributed by atoms with Gasteiger partial charge in [-0.1, -0.05) is 44.9 Å². The number of benzene rings is 2. The van der Waals surface area contributed by atoms with E-state index < -0.39 is 41.3 Å². The number of aliphatic hydroxyl groups is 1. The molecule has 5 N–H and O–H groups in total. The zero-order chi connectivity index (χ0) is 43.1. The maximum Gasteiger partial charge on any atom is 0.274 e. The predicted molar refractivity (Wildman–Crippen MR) is 227 cm³/mol. The molecule has 2 aliphatic rings. The van der Waals surface area contributed by atoms with Gasteiger partial charge in [0.25, 0.3) is 5.91 Å². The average molecular weight is 819 g/mol. The van der Waals surface area contributed by atoms with Crippen molar-refractivity contribution in [2.75, 3.05) is 37.0 Å². The van der Waals surface area contributed by atoms with Crippen LogP contribution in [-0.2, 0) is 19.1 Å². The number of nitrogens with one attached hydrogen (secondary N) is 4. The molecule has 4 amide bonds. The van der Waals surface area contributed by atoms with Crippen LogP contribution in [0.2, 0.25) is 0 Å². The second-order valence-electron chi connectivity index (χ2n) is 16.5. The number of pyridine rings is 1. The minimum absolute atomic E-state index is 0.0277. The first-order valence-electron chi connectivity index (χ1n) is 20.1. The average Bonchev–Trinajstić information content (AvgIpc) is 3.92. The Morgan fingerprint density at radius 2 is 1.82 bits per heavy atom. The van der Waals surface area contributed by atoms with Gasteiger partial charge in [-0.15, -0.1) is 6.42 Å². The predicted octanol–water partition coefficient (Wildman–Crippen LogP) is 4.46. The van der Waals surface area contributed by atoms with Crippen LogP contribution in [0.3, 0.4) is 0 Å². The van der Waals surface area contributed by atoms with E-state index in [4.69, 9.17) is 15.9 Å². The summed E-state index contributed by atoms with van der Waals surface area (Å²) >= 11 is 0. The first-order valence-corrected chi connectivity index (χ1v) is 20.1. The Labute approximate surface area is 350 Å². The van der Waals surface area contributed by atoms with E-state index in [0.29, 0.717) is 42.2 Å². The first kappa shape index (κ1) is 43.3. The minimum atomic E-state index is -0.977. The number of β-amino-alcohol motifs (C(OH)–C–C–N with tert-alkyl or cyclic N) is 1. The van der Waals surface area contributed by atoms with Crippen LogP contribution in [0.25, 0.3) is 11.4 Å². The van der Waals surface area contributed by atoms with E-state index in [1.807, 2.05) is 52.0 Å². The number of aromatic amines is 1. The molecular weight excluding hydrogens is 765 g/mol. The van der Waals surface area contributed by atoms with Gasteiger partial charge in [-0.05, 0) is 80.1 Å². The minimum Gasteiger partial charge on any atom is -0.494 e. The van der Waals surface area contributed by atoms with Crippen molar-refractivity contribution in [2.24, 2.45) is 5.41 Å². The lowest BCUT2D eigenvalue weighted by atomic mass is 9.85. The van der Waals surface area contributed by atoms with Gasteiger partial charge < -0.3 is 40.3 Å². The summed E-state index contributed by atoms with van der Waals surface area (Å²) in [6, 6.07) is 17.6. The van der Waals surface area contributed by atoms with Crippen LogP contribution in [0, 0.1) is 17.8 Å². The van der Waals surface area contributed by atoms with Crippen molar-refractivity contribution in [3.63, 3.8) is 0 Å². The van der Waals surface area contributed by atoms with Gasteiger partial charge in [0.2, 0.25) is 17.7 Å². The lowest BCUT2D eigenvalue weighted by molar-refractivity contribution is -0.145. The summed E-state index contributed by atoms with van der Waals surface area (Å²) < 4.78 is 11.8. The summed E-state index contributed by atoms with van der Waals surface area (Å²) in [5.41, 5.74) is 3.81. The molecule has 4 aromatic rings. The molecule has 0 unspecified atom stereocenters. The third kappa shape index (κ3) is 10.3. The molecule has 2 aromatic carbocycles. The summed E-state index contributed by atoms with van der Waals surface area (Å²) in [7, 11) is 1.55. The monoisotopic (exact) mass is 818 g/mol. The Balaban J connectivity index is 1.02. The Kier molecular flexibility index (Phi) is 13.6. The van der Waals surface area contributed by atoms with Gasteiger partial charge in [0, 0.05) is 49.1 Å². The summed E-state index contributed by atoms with van der Waals surface area (Å²) in [6.45, 7) is 9.81. The molecule has 2 saturated heterocycles.